The molecule has 15 heavy (non-hydrogen) atoms. The molecule has 4 heteroatoms. The van der Waals surface area contributed by atoms with Crippen molar-refractivity contribution in [2.45, 2.75) is 27.2 Å². The van der Waals surface area contributed by atoms with Crippen LogP contribution < -0.4 is 5.32 Å². The standard InChI is InChI=1S/C11H20N2OS/c1-9(2)4-6-14-7-5-12-11-13-10(3)8-15-11/h8-9H,4-7H2,1-3H3,(H,12,13). The third-order valence-electron chi connectivity index (χ3n) is 1.98. The number of rotatable bonds is 7. The molecule has 0 aliphatic rings. The minimum atomic E-state index is 0.722. The average molecular weight is 228 g/mol. The SMILES string of the molecule is Cc1csc(NCCOCCC(C)C)n1. The second-order valence-corrected chi connectivity index (χ2v) is 4.87. The largest absolute Gasteiger partial charge is 0.380 e. The first-order valence-corrected chi connectivity index (χ1v) is 6.30. The van der Waals surface area contributed by atoms with E-state index >= 15 is 0 Å². The van der Waals surface area contributed by atoms with Crippen LogP contribution in [0.15, 0.2) is 5.38 Å². The predicted molar refractivity (Wildman–Crippen MR) is 65.6 cm³/mol. The summed E-state index contributed by atoms with van der Waals surface area (Å²) in [6.45, 7) is 8.87. The van der Waals surface area contributed by atoms with Crippen LogP contribution >= 0.6 is 11.3 Å². The summed E-state index contributed by atoms with van der Waals surface area (Å²) in [5, 5.41) is 6.27. The van der Waals surface area contributed by atoms with Gasteiger partial charge < -0.3 is 10.1 Å². The molecule has 1 N–H and O–H groups in total. The van der Waals surface area contributed by atoms with Crippen LogP contribution in [0.25, 0.3) is 0 Å². The Labute approximate surface area is 95.9 Å². The molecular weight excluding hydrogens is 208 g/mol. The summed E-state index contributed by atoms with van der Waals surface area (Å²) in [6.07, 6.45) is 1.14. The quantitative estimate of drug-likeness (QED) is 0.729. The van der Waals surface area contributed by atoms with Gasteiger partial charge in [0.15, 0.2) is 5.13 Å². The van der Waals surface area contributed by atoms with Gasteiger partial charge in [0.05, 0.1) is 12.3 Å². The molecule has 0 aromatic carbocycles. The van der Waals surface area contributed by atoms with Gasteiger partial charge in [0, 0.05) is 18.5 Å². The van der Waals surface area contributed by atoms with Gasteiger partial charge in [-0.25, -0.2) is 4.98 Å². The van der Waals surface area contributed by atoms with Crippen molar-refractivity contribution in [2.24, 2.45) is 5.92 Å². The summed E-state index contributed by atoms with van der Waals surface area (Å²) < 4.78 is 5.49. The first-order chi connectivity index (χ1) is 7.18. The minimum absolute atomic E-state index is 0.722. The molecule has 0 amide bonds. The lowest BCUT2D eigenvalue weighted by Crippen LogP contribution is -2.10. The van der Waals surface area contributed by atoms with Gasteiger partial charge in [0.1, 0.15) is 0 Å². The van der Waals surface area contributed by atoms with Crippen LogP contribution in [0, 0.1) is 12.8 Å². The van der Waals surface area contributed by atoms with E-state index in [1.165, 1.54) is 0 Å². The summed E-state index contributed by atoms with van der Waals surface area (Å²) in [6, 6.07) is 0. The van der Waals surface area contributed by atoms with Crippen LogP contribution in [-0.4, -0.2) is 24.7 Å². The summed E-state index contributed by atoms with van der Waals surface area (Å²) >= 11 is 1.64. The predicted octanol–water partition coefficient (Wildman–Crippen LogP) is 2.93. The van der Waals surface area contributed by atoms with Crippen molar-refractivity contribution < 1.29 is 4.74 Å². The maximum Gasteiger partial charge on any atom is 0.182 e. The first kappa shape index (κ1) is 12.5. The van der Waals surface area contributed by atoms with E-state index in [2.05, 4.69) is 24.1 Å². The topological polar surface area (TPSA) is 34.1 Å². The average Bonchev–Trinajstić information content (AvgIpc) is 2.57. The number of hydrogen-bond acceptors (Lipinski definition) is 4. The minimum Gasteiger partial charge on any atom is -0.380 e. The molecule has 0 radical (unpaired) electrons. The molecule has 1 rings (SSSR count). The van der Waals surface area contributed by atoms with Crippen molar-refractivity contribution in [2.75, 3.05) is 25.1 Å². The summed E-state index contributed by atoms with van der Waals surface area (Å²) in [7, 11) is 0. The first-order valence-electron chi connectivity index (χ1n) is 5.42. The molecule has 1 heterocycles. The smallest absolute Gasteiger partial charge is 0.182 e. The lowest BCUT2D eigenvalue weighted by molar-refractivity contribution is 0.132. The van der Waals surface area contributed by atoms with Crippen LogP contribution in [0.2, 0.25) is 0 Å². The van der Waals surface area contributed by atoms with E-state index in [0.717, 1.165) is 42.9 Å². The highest BCUT2D eigenvalue weighted by Crippen LogP contribution is 2.13. The van der Waals surface area contributed by atoms with Gasteiger partial charge >= 0.3 is 0 Å². The molecule has 0 bridgehead atoms. The van der Waals surface area contributed by atoms with Crippen LogP contribution in [0.3, 0.4) is 0 Å². The van der Waals surface area contributed by atoms with E-state index in [0.29, 0.717) is 0 Å². The Hall–Kier alpha value is -0.610. The molecular formula is C11H20N2OS. The van der Waals surface area contributed by atoms with Crippen molar-refractivity contribution in [3.63, 3.8) is 0 Å². The second-order valence-electron chi connectivity index (χ2n) is 4.02. The van der Waals surface area contributed by atoms with E-state index in [-0.39, 0.29) is 0 Å². The van der Waals surface area contributed by atoms with Crippen LogP contribution in [-0.2, 0) is 4.74 Å². The van der Waals surface area contributed by atoms with Crippen molar-refractivity contribution in [3.8, 4) is 0 Å². The molecule has 0 saturated heterocycles. The molecule has 1 aromatic rings. The van der Waals surface area contributed by atoms with E-state index in [9.17, 15) is 0 Å². The molecule has 1 aromatic heterocycles. The van der Waals surface area contributed by atoms with Crippen molar-refractivity contribution in [3.05, 3.63) is 11.1 Å². The Morgan fingerprint density at radius 3 is 2.87 bits per heavy atom. The van der Waals surface area contributed by atoms with Crippen molar-refractivity contribution >= 4 is 16.5 Å². The lowest BCUT2D eigenvalue weighted by Gasteiger charge is -2.06. The van der Waals surface area contributed by atoms with Crippen LogP contribution in [0.5, 0.6) is 0 Å². The van der Waals surface area contributed by atoms with Gasteiger partial charge in [-0.15, -0.1) is 11.3 Å². The highest BCUT2D eigenvalue weighted by Gasteiger charge is 1.97. The fourth-order valence-corrected chi connectivity index (χ4v) is 1.80. The monoisotopic (exact) mass is 228 g/mol. The van der Waals surface area contributed by atoms with Gasteiger partial charge in [0.25, 0.3) is 0 Å². The molecule has 0 aliphatic carbocycles. The summed E-state index contributed by atoms with van der Waals surface area (Å²) in [5.41, 5.74) is 1.07. The maximum atomic E-state index is 5.49. The molecule has 86 valence electrons. The zero-order valence-electron chi connectivity index (χ0n) is 9.75. The highest BCUT2D eigenvalue weighted by molar-refractivity contribution is 7.13. The van der Waals surface area contributed by atoms with Gasteiger partial charge in [-0.1, -0.05) is 13.8 Å². The molecule has 0 unspecified atom stereocenters. The molecule has 0 aliphatic heterocycles. The highest BCUT2D eigenvalue weighted by atomic mass is 32.1. The van der Waals surface area contributed by atoms with Gasteiger partial charge in [-0.3, -0.25) is 0 Å². The number of anilines is 1. The number of aromatic nitrogens is 1. The van der Waals surface area contributed by atoms with E-state index < -0.39 is 0 Å². The Morgan fingerprint density at radius 1 is 1.47 bits per heavy atom. The number of nitrogens with one attached hydrogen (secondary N) is 1. The molecule has 0 fully saturated rings. The Morgan fingerprint density at radius 2 is 2.27 bits per heavy atom. The lowest BCUT2D eigenvalue weighted by atomic mass is 10.1. The fraction of sp³-hybridized carbons (Fsp3) is 0.727. The van der Waals surface area contributed by atoms with E-state index in [1.807, 2.05) is 12.3 Å². The number of aryl methyl sites for hydroxylation is 1. The van der Waals surface area contributed by atoms with Crippen LogP contribution in [0.1, 0.15) is 26.0 Å². The summed E-state index contributed by atoms with van der Waals surface area (Å²) in [4.78, 5) is 4.31. The molecule has 0 spiro atoms. The molecule has 0 saturated carbocycles. The van der Waals surface area contributed by atoms with Crippen molar-refractivity contribution in [1.82, 2.24) is 4.98 Å². The van der Waals surface area contributed by atoms with Gasteiger partial charge in [-0.2, -0.15) is 0 Å². The second kappa shape index (κ2) is 6.80. The molecule has 0 atom stereocenters. The molecule has 3 nitrogen and oxygen atoms in total. The van der Waals surface area contributed by atoms with Gasteiger partial charge in [0.2, 0.25) is 0 Å². The number of nitrogens with zero attached hydrogens (tertiary/aromatic N) is 1. The Kier molecular flexibility index (Phi) is 5.65. The third kappa shape index (κ3) is 5.74. The Bertz CT molecular complexity index is 273. The zero-order chi connectivity index (χ0) is 11.1. The third-order valence-corrected chi connectivity index (χ3v) is 2.90. The summed E-state index contributed by atoms with van der Waals surface area (Å²) in [5.74, 6) is 0.722. The number of hydrogen-bond donors (Lipinski definition) is 1. The fourth-order valence-electron chi connectivity index (χ4n) is 1.09. The van der Waals surface area contributed by atoms with Gasteiger partial charge in [-0.05, 0) is 19.3 Å². The van der Waals surface area contributed by atoms with Crippen LogP contribution in [0.4, 0.5) is 5.13 Å². The number of ether oxygens (including phenoxy) is 1. The maximum absolute atomic E-state index is 5.49. The number of thiazole rings is 1. The normalized spacial score (nSPS) is 10.9. The Balaban J connectivity index is 1.98. The van der Waals surface area contributed by atoms with E-state index in [1.54, 1.807) is 11.3 Å². The van der Waals surface area contributed by atoms with Crippen molar-refractivity contribution in [1.29, 1.82) is 0 Å². The zero-order valence-corrected chi connectivity index (χ0v) is 10.6. The van der Waals surface area contributed by atoms with E-state index in [4.69, 9.17) is 4.74 Å².